The minimum atomic E-state index is -0.762. The fourth-order valence-corrected chi connectivity index (χ4v) is 1.45. The summed E-state index contributed by atoms with van der Waals surface area (Å²) in [5, 5.41) is 2.68. The van der Waals surface area contributed by atoms with Gasteiger partial charge in [-0.1, -0.05) is 6.58 Å². The number of ether oxygens (including phenoxy) is 3. The predicted octanol–water partition coefficient (Wildman–Crippen LogP) is 0.521. The number of hydrogen-bond donors (Lipinski definition) is 1. The fraction of sp³-hybridized carbons (Fsp3) is 0.692. The van der Waals surface area contributed by atoms with Gasteiger partial charge in [0.05, 0.1) is 25.2 Å². The van der Waals surface area contributed by atoms with Crippen molar-refractivity contribution < 1.29 is 23.8 Å². The Morgan fingerprint density at radius 3 is 2.16 bits per heavy atom. The van der Waals surface area contributed by atoms with E-state index in [0.29, 0.717) is 5.57 Å². The number of carbonyl (C=O) groups is 2. The van der Waals surface area contributed by atoms with Crippen LogP contribution in [0.3, 0.4) is 0 Å². The summed E-state index contributed by atoms with van der Waals surface area (Å²) >= 11 is 0. The molecule has 0 aliphatic rings. The first-order valence-electron chi connectivity index (χ1n) is 5.96. The number of rotatable bonds is 9. The molecule has 0 heterocycles. The average molecular weight is 273 g/mol. The number of hydrogen-bond acceptors (Lipinski definition) is 5. The van der Waals surface area contributed by atoms with Gasteiger partial charge in [0.15, 0.2) is 0 Å². The van der Waals surface area contributed by atoms with E-state index in [2.05, 4.69) is 11.9 Å². The van der Waals surface area contributed by atoms with Crippen LogP contribution in [0.5, 0.6) is 0 Å². The molecule has 0 aromatic heterocycles. The van der Waals surface area contributed by atoms with Crippen LogP contribution in [-0.2, 0) is 23.8 Å². The highest BCUT2D eigenvalue weighted by Crippen LogP contribution is 2.17. The van der Waals surface area contributed by atoms with Crippen molar-refractivity contribution in [3.63, 3.8) is 0 Å². The third-order valence-electron chi connectivity index (χ3n) is 2.44. The maximum Gasteiger partial charge on any atom is 0.333 e. The zero-order valence-electron chi connectivity index (χ0n) is 12.1. The summed E-state index contributed by atoms with van der Waals surface area (Å²) in [4.78, 5) is 23.1. The molecular formula is C13H23NO5. The molecule has 0 saturated heterocycles. The molecule has 0 atom stereocenters. The van der Waals surface area contributed by atoms with Crippen molar-refractivity contribution >= 4 is 11.9 Å². The highest BCUT2D eigenvalue weighted by atomic mass is 16.5. The third-order valence-corrected chi connectivity index (χ3v) is 2.44. The van der Waals surface area contributed by atoms with Gasteiger partial charge >= 0.3 is 5.97 Å². The van der Waals surface area contributed by atoms with E-state index < -0.39 is 11.4 Å². The molecule has 0 rings (SSSR count). The van der Waals surface area contributed by atoms with E-state index in [1.54, 1.807) is 13.8 Å². The summed E-state index contributed by atoms with van der Waals surface area (Å²) in [6.45, 7) is 7.61. The molecule has 0 bridgehead atoms. The van der Waals surface area contributed by atoms with Gasteiger partial charge < -0.3 is 19.5 Å². The van der Waals surface area contributed by atoms with E-state index in [9.17, 15) is 9.59 Å². The molecule has 0 aliphatic carbocycles. The maximum atomic E-state index is 12.0. The second kappa shape index (κ2) is 8.66. The van der Waals surface area contributed by atoms with Gasteiger partial charge in [-0.2, -0.15) is 0 Å². The van der Waals surface area contributed by atoms with E-state index in [0.717, 1.165) is 0 Å². The molecule has 110 valence electrons. The van der Waals surface area contributed by atoms with Gasteiger partial charge in [0, 0.05) is 19.8 Å². The molecule has 0 saturated carbocycles. The van der Waals surface area contributed by atoms with Crippen LogP contribution < -0.4 is 5.32 Å². The standard InChI is InChI=1S/C13H23NO5/c1-10(2)11(15)19-7-6-14-12(16)13(3,8-17-4)9-18-5/h1,6-9H2,2-5H3,(H,14,16). The normalized spacial score (nSPS) is 10.9. The minimum Gasteiger partial charge on any atom is -0.460 e. The minimum absolute atomic E-state index is 0.105. The zero-order chi connectivity index (χ0) is 14.9. The largest absolute Gasteiger partial charge is 0.460 e. The number of carbonyl (C=O) groups excluding carboxylic acids is 2. The quantitative estimate of drug-likeness (QED) is 0.377. The van der Waals surface area contributed by atoms with E-state index in [4.69, 9.17) is 14.2 Å². The summed E-state index contributed by atoms with van der Waals surface area (Å²) in [6, 6.07) is 0. The monoisotopic (exact) mass is 273 g/mol. The molecule has 0 fully saturated rings. The molecule has 6 heteroatoms. The number of amides is 1. The van der Waals surface area contributed by atoms with Crippen LogP contribution in [0.4, 0.5) is 0 Å². The lowest BCUT2D eigenvalue weighted by atomic mass is 9.91. The Bertz CT molecular complexity index is 321. The van der Waals surface area contributed by atoms with E-state index in [1.165, 1.54) is 14.2 Å². The predicted molar refractivity (Wildman–Crippen MR) is 70.6 cm³/mol. The van der Waals surface area contributed by atoms with Gasteiger partial charge in [0.25, 0.3) is 0 Å². The van der Waals surface area contributed by atoms with Crippen molar-refractivity contribution in [3.05, 3.63) is 12.2 Å². The van der Waals surface area contributed by atoms with Crippen LogP contribution in [0.1, 0.15) is 13.8 Å². The zero-order valence-corrected chi connectivity index (χ0v) is 12.1. The lowest BCUT2D eigenvalue weighted by Crippen LogP contribution is -2.46. The topological polar surface area (TPSA) is 73.9 Å². The van der Waals surface area contributed by atoms with Crippen LogP contribution in [0.2, 0.25) is 0 Å². The number of methoxy groups -OCH3 is 2. The summed E-state index contributed by atoms with van der Waals surface area (Å²) in [5.74, 6) is -0.673. The third kappa shape index (κ3) is 6.35. The molecule has 0 spiro atoms. The van der Waals surface area contributed by atoms with Crippen molar-refractivity contribution in [3.8, 4) is 0 Å². The SMILES string of the molecule is C=C(C)C(=O)OCCNC(=O)C(C)(COC)COC. The Morgan fingerprint density at radius 1 is 1.21 bits per heavy atom. The first kappa shape index (κ1) is 17.6. The highest BCUT2D eigenvalue weighted by molar-refractivity contribution is 5.87. The van der Waals surface area contributed by atoms with Gasteiger partial charge in [-0.25, -0.2) is 4.79 Å². The summed E-state index contributed by atoms with van der Waals surface area (Å²) in [7, 11) is 3.05. The number of esters is 1. The van der Waals surface area contributed by atoms with Gasteiger partial charge in [-0.3, -0.25) is 4.79 Å². The van der Waals surface area contributed by atoms with Crippen molar-refractivity contribution in [1.29, 1.82) is 0 Å². The van der Waals surface area contributed by atoms with E-state index in [-0.39, 0.29) is 32.3 Å². The van der Waals surface area contributed by atoms with Crippen LogP contribution in [-0.4, -0.2) is 52.5 Å². The fourth-order valence-electron chi connectivity index (χ4n) is 1.45. The van der Waals surface area contributed by atoms with Crippen LogP contribution in [0.15, 0.2) is 12.2 Å². The van der Waals surface area contributed by atoms with Gasteiger partial charge in [0.1, 0.15) is 6.61 Å². The van der Waals surface area contributed by atoms with Crippen molar-refractivity contribution in [1.82, 2.24) is 5.32 Å². The second-order valence-electron chi connectivity index (χ2n) is 4.60. The Labute approximate surface area is 114 Å². The van der Waals surface area contributed by atoms with Crippen molar-refractivity contribution in [2.45, 2.75) is 13.8 Å². The van der Waals surface area contributed by atoms with Gasteiger partial charge in [0.2, 0.25) is 5.91 Å². The molecule has 1 N–H and O–H groups in total. The van der Waals surface area contributed by atoms with Crippen LogP contribution in [0.25, 0.3) is 0 Å². The van der Waals surface area contributed by atoms with Crippen LogP contribution >= 0.6 is 0 Å². The molecular weight excluding hydrogens is 250 g/mol. The van der Waals surface area contributed by atoms with Crippen molar-refractivity contribution in [2.24, 2.45) is 5.41 Å². The molecule has 19 heavy (non-hydrogen) atoms. The van der Waals surface area contributed by atoms with Crippen molar-refractivity contribution in [2.75, 3.05) is 40.6 Å². The van der Waals surface area contributed by atoms with Crippen LogP contribution in [0, 0.1) is 5.41 Å². The van der Waals surface area contributed by atoms with E-state index >= 15 is 0 Å². The average Bonchev–Trinajstić information content (AvgIpc) is 2.34. The molecule has 0 unspecified atom stereocenters. The lowest BCUT2D eigenvalue weighted by molar-refractivity contribution is -0.141. The Kier molecular flexibility index (Phi) is 8.02. The van der Waals surface area contributed by atoms with E-state index in [1.807, 2.05) is 0 Å². The second-order valence-corrected chi connectivity index (χ2v) is 4.60. The highest BCUT2D eigenvalue weighted by Gasteiger charge is 2.33. The van der Waals surface area contributed by atoms with Gasteiger partial charge in [-0.15, -0.1) is 0 Å². The maximum absolute atomic E-state index is 12.0. The summed E-state index contributed by atoms with van der Waals surface area (Å²) in [5.41, 5.74) is -0.433. The summed E-state index contributed by atoms with van der Waals surface area (Å²) < 4.78 is 14.9. The van der Waals surface area contributed by atoms with Gasteiger partial charge in [-0.05, 0) is 13.8 Å². The lowest BCUT2D eigenvalue weighted by Gasteiger charge is -2.26. The molecule has 6 nitrogen and oxygen atoms in total. The Hall–Kier alpha value is -1.40. The molecule has 0 radical (unpaired) electrons. The molecule has 0 aliphatic heterocycles. The smallest absolute Gasteiger partial charge is 0.333 e. The Balaban J connectivity index is 4.13. The Morgan fingerprint density at radius 2 is 1.74 bits per heavy atom. The number of nitrogens with one attached hydrogen (secondary N) is 1. The first-order valence-corrected chi connectivity index (χ1v) is 5.96. The molecule has 1 amide bonds. The summed E-state index contributed by atoms with van der Waals surface area (Å²) in [6.07, 6.45) is 0. The molecule has 0 aromatic carbocycles. The first-order chi connectivity index (χ1) is 8.87. The molecule has 0 aromatic rings.